The lowest BCUT2D eigenvalue weighted by molar-refractivity contribution is 0.0730. The van der Waals surface area contributed by atoms with E-state index in [2.05, 4.69) is 11.4 Å². The van der Waals surface area contributed by atoms with Crippen LogP contribution in [0.1, 0.15) is 20.8 Å². The van der Waals surface area contributed by atoms with Crippen LogP contribution in [-0.2, 0) is 27.1 Å². The van der Waals surface area contributed by atoms with Crippen molar-refractivity contribution < 1.29 is 17.9 Å². The monoisotopic (exact) mass is 488 g/mol. The summed E-state index contributed by atoms with van der Waals surface area (Å²) in [4.78, 5) is 15.2. The standard InChI is InChI=1S/C23H24N2O4S3/c26-23(21-5-1-2-6-22(21)31-17-19-4-3-15-30-19)24-16-18-7-9-20(10-8-18)32(27,28)25-11-13-29-14-12-25/h1-10,15H,11-14,16-17H2,(H,24,26). The molecule has 6 nitrogen and oxygen atoms in total. The number of hydrogen-bond donors (Lipinski definition) is 1. The van der Waals surface area contributed by atoms with Crippen molar-refractivity contribution in [1.82, 2.24) is 9.62 Å². The van der Waals surface area contributed by atoms with Crippen LogP contribution in [0, 0.1) is 0 Å². The van der Waals surface area contributed by atoms with Crippen LogP contribution in [0.4, 0.5) is 0 Å². The minimum absolute atomic E-state index is 0.149. The molecule has 1 aliphatic heterocycles. The SMILES string of the molecule is O=C(NCc1ccc(S(=O)(=O)N2CCOCC2)cc1)c1ccccc1SCc1cccs1. The molecule has 1 amide bonds. The van der Waals surface area contributed by atoms with Crippen molar-refractivity contribution in [3.63, 3.8) is 0 Å². The van der Waals surface area contributed by atoms with Crippen molar-refractivity contribution in [2.24, 2.45) is 0 Å². The number of sulfonamides is 1. The number of carbonyl (C=O) groups is 1. The zero-order chi connectivity index (χ0) is 22.4. The largest absolute Gasteiger partial charge is 0.379 e. The van der Waals surface area contributed by atoms with Crippen LogP contribution < -0.4 is 5.32 Å². The Hall–Kier alpha value is -2.17. The topological polar surface area (TPSA) is 75.7 Å². The molecule has 0 unspecified atom stereocenters. The van der Waals surface area contributed by atoms with E-state index >= 15 is 0 Å². The maximum absolute atomic E-state index is 12.8. The zero-order valence-corrected chi connectivity index (χ0v) is 19.8. The summed E-state index contributed by atoms with van der Waals surface area (Å²) in [6, 6.07) is 18.4. The Balaban J connectivity index is 1.37. The Labute approximate surface area is 196 Å². The Morgan fingerprint density at radius 1 is 1.03 bits per heavy atom. The van der Waals surface area contributed by atoms with Gasteiger partial charge in [-0.15, -0.1) is 23.1 Å². The molecule has 2 aromatic carbocycles. The molecule has 0 radical (unpaired) electrons. The van der Waals surface area contributed by atoms with E-state index in [0.29, 0.717) is 38.4 Å². The van der Waals surface area contributed by atoms with Crippen molar-refractivity contribution in [1.29, 1.82) is 0 Å². The zero-order valence-electron chi connectivity index (χ0n) is 17.4. The van der Waals surface area contributed by atoms with Gasteiger partial charge in [0.05, 0.1) is 23.7 Å². The van der Waals surface area contributed by atoms with Gasteiger partial charge in [0, 0.05) is 35.2 Å². The quantitative estimate of drug-likeness (QED) is 0.485. The van der Waals surface area contributed by atoms with Crippen LogP contribution in [0.3, 0.4) is 0 Å². The van der Waals surface area contributed by atoms with Gasteiger partial charge in [-0.3, -0.25) is 4.79 Å². The summed E-state index contributed by atoms with van der Waals surface area (Å²) >= 11 is 3.34. The van der Waals surface area contributed by atoms with Gasteiger partial charge in [-0.2, -0.15) is 4.31 Å². The number of rotatable bonds is 8. The van der Waals surface area contributed by atoms with E-state index < -0.39 is 10.0 Å². The highest BCUT2D eigenvalue weighted by atomic mass is 32.2. The van der Waals surface area contributed by atoms with Gasteiger partial charge in [-0.1, -0.05) is 30.3 Å². The second kappa shape index (κ2) is 10.6. The van der Waals surface area contributed by atoms with Crippen LogP contribution >= 0.6 is 23.1 Å². The van der Waals surface area contributed by atoms with Crippen molar-refractivity contribution in [2.45, 2.75) is 22.1 Å². The third kappa shape index (κ3) is 5.60. The number of ether oxygens (including phenoxy) is 1. The first-order chi connectivity index (χ1) is 15.5. The molecule has 3 aromatic rings. The predicted octanol–water partition coefficient (Wildman–Crippen LogP) is 3.99. The fraction of sp³-hybridized carbons (Fsp3) is 0.261. The molecule has 32 heavy (non-hydrogen) atoms. The lowest BCUT2D eigenvalue weighted by Crippen LogP contribution is -2.40. The van der Waals surface area contributed by atoms with Crippen molar-refractivity contribution >= 4 is 39.0 Å². The normalized spacial score (nSPS) is 14.9. The first-order valence-electron chi connectivity index (χ1n) is 10.2. The number of thiophene rings is 1. The summed E-state index contributed by atoms with van der Waals surface area (Å²) < 4.78 is 32.1. The molecule has 1 fully saturated rings. The van der Waals surface area contributed by atoms with Gasteiger partial charge in [0.1, 0.15) is 0 Å². The number of nitrogens with one attached hydrogen (secondary N) is 1. The highest BCUT2D eigenvalue weighted by Crippen LogP contribution is 2.28. The molecule has 2 heterocycles. The van der Waals surface area contributed by atoms with Gasteiger partial charge in [0.15, 0.2) is 0 Å². The van der Waals surface area contributed by atoms with Gasteiger partial charge in [-0.25, -0.2) is 8.42 Å². The molecular formula is C23H24N2O4S3. The molecule has 4 rings (SSSR count). The van der Waals surface area contributed by atoms with Crippen LogP contribution in [0.15, 0.2) is 75.8 Å². The van der Waals surface area contributed by atoms with Crippen molar-refractivity contribution in [2.75, 3.05) is 26.3 Å². The highest BCUT2D eigenvalue weighted by molar-refractivity contribution is 7.98. The summed E-state index contributed by atoms with van der Waals surface area (Å²) in [7, 11) is -3.52. The van der Waals surface area contributed by atoms with E-state index in [1.54, 1.807) is 47.4 Å². The lowest BCUT2D eigenvalue weighted by Gasteiger charge is -2.26. The summed E-state index contributed by atoms with van der Waals surface area (Å²) in [6.07, 6.45) is 0. The van der Waals surface area contributed by atoms with Crippen LogP contribution in [-0.4, -0.2) is 44.9 Å². The smallest absolute Gasteiger partial charge is 0.252 e. The number of carbonyl (C=O) groups excluding carboxylic acids is 1. The minimum Gasteiger partial charge on any atom is -0.379 e. The van der Waals surface area contributed by atoms with Crippen LogP contribution in [0.5, 0.6) is 0 Å². The Bertz CT molecular complexity index is 1140. The summed E-state index contributed by atoms with van der Waals surface area (Å²) in [6.45, 7) is 1.88. The lowest BCUT2D eigenvalue weighted by atomic mass is 10.2. The van der Waals surface area contributed by atoms with Gasteiger partial charge >= 0.3 is 0 Å². The summed E-state index contributed by atoms with van der Waals surface area (Å²) in [5, 5.41) is 4.99. The van der Waals surface area contributed by atoms with Gasteiger partial charge in [0.2, 0.25) is 10.0 Å². The molecule has 9 heteroatoms. The number of benzene rings is 2. The van der Waals surface area contributed by atoms with Crippen LogP contribution in [0.25, 0.3) is 0 Å². The molecular weight excluding hydrogens is 464 g/mol. The number of amides is 1. The van der Waals surface area contributed by atoms with Gasteiger partial charge < -0.3 is 10.1 Å². The van der Waals surface area contributed by atoms with Crippen molar-refractivity contribution in [3.05, 3.63) is 82.0 Å². The summed E-state index contributed by atoms with van der Waals surface area (Å²) in [5.74, 6) is 0.672. The summed E-state index contributed by atoms with van der Waals surface area (Å²) in [5.41, 5.74) is 1.48. The fourth-order valence-electron chi connectivity index (χ4n) is 3.32. The number of thioether (sulfide) groups is 1. The van der Waals surface area contributed by atoms with E-state index in [1.807, 2.05) is 35.7 Å². The first kappa shape index (κ1) is 23.0. The molecule has 0 atom stereocenters. The van der Waals surface area contributed by atoms with Gasteiger partial charge in [0.25, 0.3) is 5.91 Å². The molecule has 0 aliphatic carbocycles. The molecule has 1 N–H and O–H groups in total. The first-order valence-corrected chi connectivity index (χ1v) is 13.5. The molecule has 1 aliphatic rings. The third-order valence-corrected chi connectivity index (χ3v) is 9.16. The maximum atomic E-state index is 12.8. The second-order valence-corrected chi connectivity index (χ2v) is 11.2. The molecule has 0 bridgehead atoms. The van der Waals surface area contributed by atoms with Gasteiger partial charge in [-0.05, 0) is 41.3 Å². The average molecular weight is 489 g/mol. The predicted molar refractivity (Wildman–Crippen MR) is 128 cm³/mol. The van der Waals surface area contributed by atoms with E-state index in [-0.39, 0.29) is 10.8 Å². The molecule has 1 aromatic heterocycles. The Morgan fingerprint density at radius 2 is 1.78 bits per heavy atom. The molecule has 0 spiro atoms. The molecule has 1 saturated heterocycles. The van der Waals surface area contributed by atoms with E-state index in [1.165, 1.54) is 9.18 Å². The molecule has 0 saturated carbocycles. The van der Waals surface area contributed by atoms with E-state index in [9.17, 15) is 13.2 Å². The third-order valence-electron chi connectivity index (χ3n) is 5.07. The Morgan fingerprint density at radius 3 is 2.50 bits per heavy atom. The molecule has 168 valence electrons. The van der Waals surface area contributed by atoms with Crippen molar-refractivity contribution in [3.8, 4) is 0 Å². The highest BCUT2D eigenvalue weighted by Gasteiger charge is 2.26. The maximum Gasteiger partial charge on any atom is 0.252 e. The number of hydrogen-bond acceptors (Lipinski definition) is 6. The Kier molecular flexibility index (Phi) is 7.64. The average Bonchev–Trinajstić information content (AvgIpc) is 3.36. The van der Waals surface area contributed by atoms with Crippen LogP contribution in [0.2, 0.25) is 0 Å². The number of nitrogens with zero attached hydrogens (tertiary/aromatic N) is 1. The van der Waals surface area contributed by atoms with E-state index in [0.717, 1.165) is 16.2 Å². The minimum atomic E-state index is -3.52. The second-order valence-electron chi connectivity index (χ2n) is 7.21. The van der Waals surface area contributed by atoms with E-state index in [4.69, 9.17) is 4.74 Å². The number of morpholine rings is 1. The fourth-order valence-corrected chi connectivity index (χ4v) is 6.55.